The molecule has 3 unspecified atom stereocenters. The van der Waals surface area contributed by atoms with E-state index in [1.165, 1.54) is 38.5 Å². The Morgan fingerprint density at radius 2 is 1.65 bits per heavy atom. The van der Waals surface area contributed by atoms with Crippen molar-refractivity contribution in [1.82, 2.24) is 10.2 Å². The molecule has 2 saturated carbocycles. The fraction of sp³-hybridized carbons (Fsp3) is 0.870. The van der Waals surface area contributed by atoms with Crippen LogP contribution in [0.4, 0.5) is 0 Å². The number of amides is 2. The van der Waals surface area contributed by atoms with Crippen LogP contribution in [0.3, 0.4) is 0 Å². The molecular formula is C23H48N4O4. The fourth-order valence-electron chi connectivity index (χ4n) is 2.68. The molecule has 0 aromatic rings. The lowest BCUT2D eigenvalue weighted by Crippen LogP contribution is -2.45. The Balaban J connectivity index is 0. The van der Waals surface area contributed by atoms with Crippen molar-refractivity contribution in [3.8, 4) is 0 Å². The molecule has 31 heavy (non-hydrogen) atoms. The van der Waals surface area contributed by atoms with Crippen molar-refractivity contribution in [2.45, 2.75) is 104 Å². The molecular weight excluding hydrogens is 396 g/mol. The van der Waals surface area contributed by atoms with E-state index in [0.29, 0.717) is 12.5 Å². The summed E-state index contributed by atoms with van der Waals surface area (Å²) in [7, 11) is 1.74. The summed E-state index contributed by atoms with van der Waals surface area (Å²) in [5.74, 6) is -0.0916. The second-order valence-electron chi connectivity index (χ2n) is 7.83. The van der Waals surface area contributed by atoms with Gasteiger partial charge in [-0.2, -0.15) is 0 Å². The van der Waals surface area contributed by atoms with Gasteiger partial charge < -0.3 is 31.6 Å². The van der Waals surface area contributed by atoms with E-state index in [1.807, 2.05) is 13.8 Å². The lowest BCUT2D eigenvalue weighted by atomic mass is 10.0. The highest BCUT2D eigenvalue weighted by Crippen LogP contribution is 2.33. The van der Waals surface area contributed by atoms with Gasteiger partial charge in [0.2, 0.25) is 11.8 Å². The topological polar surface area (TPSA) is 139 Å². The highest BCUT2D eigenvalue weighted by Gasteiger charge is 2.30. The maximum Gasteiger partial charge on any atom is 0.247 e. The molecule has 1 aliphatic heterocycles. The number of likely N-dealkylation sites (tertiary alicyclic amines) is 1. The summed E-state index contributed by atoms with van der Waals surface area (Å²) in [5.41, 5.74) is 10.1. The molecule has 0 aromatic heterocycles. The summed E-state index contributed by atoms with van der Waals surface area (Å²) >= 11 is 0. The van der Waals surface area contributed by atoms with Gasteiger partial charge in [0.05, 0.1) is 12.6 Å². The SMILES string of the molecule is C1CC1.CC.CCC.CNC(CC1CC1)C(O)C(N)=O.NCC(=O)N1CCCC1C=O. The van der Waals surface area contributed by atoms with Gasteiger partial charge >= 0.3 is 0 Å². The van der Waals surface area contributed by atoms with Crippen molar-refractivity contribution in [3.63, 3.8) is 0 Å². The normalized spacial score (nSPS) is 20.0. The molecule has 8 heteroatoms. The van der Waals surface area contributed by atoms with Gasteiger partial charge in [0, 0.05) is 12.6 Å². The van der Waals surface area contributed by atoms with Crippen molar-refractivity contribution >= 4 is 18.1 Å². The Morgan fingerprint density at radius 1 is 1.13 bits per heavy atom. The van der Waals surface area contributed by atoms with E-state index in [1.54, 1.807) is 11.9 Å². The predicted octanol–water partition coefficient (Wildman–Crippen LogP) is 1.97. The summed E-state index contributed by atoms with van der Waals surface area (Å²) < 4.78 is 0. The number of carbonyl (C=O) groups excluding carboxylic acids is 3. The monoisotopic (exact) mass is 444 g/mol. The number of likely N-dealkylation sites (N-methyl/N-ethyl adjacent to an activating group) is 1. The molecule has 3 atom stereocenters. The Labute approximate surface area is 189 Å². The van der Waals surface area contributed by atoms with Crippen LogP contribution >= 0.6 is 0 Å². The number of nitrogens with zero attached hydrogens (tertiary/aromatic N) is 1. The van der Waals surface area contributed by atoms with E-state index in [0.717, 1.165) is 25.5 Å². The number of primary amides is 1. The zero-order chi connectivity index (χ0) is 24.2. The van der Waals surface area contributed by atoms with E-state index >= 15 is 0 Å². The summed E-state index contributed by atoms with van der Waals surface area (Å²) in [6, 6.07) is -0.388. The Morgan fingerprint density at radius 3 is 1.97 bits per heavy atom. The fourth-order valence-corrected chi connectivity index (χ4v) is 2.68. The Bertz CT molecular complexity index is 468. The third-order valence-corrected chi connectivity index (χ3v) is 4.63. The lowest BCUT2D eigenvalue weighted by molar-refractivity contribution is -0.133. The van der Waals surface area contributed by atoms with Crippen LogP contribution in [0.25, 0.3) is 0 Å². The predicted molar refractivity (Wildman–Crippen MR) is 126 cm³/mol. The molecule has 0 aromatic carbocycles. The number of hydrogen-bond donors (Lipinski definition) is 4. The van der Waals surface area contributed by atoms with Crippen molar-refractivity contribution in [3.05, 3.63) is 0 Å². The van der Waals surface area contributed by atoms with Crippen LogP contribution in [0, 0.1) is 5.92 Å². The standard InChI is InChI=1S/C8H16N2O2.C7H12N2O2.C3H6.C3H8.C2H6/c1-10-6(4-5-2-3-5)7(11)8(9)12;8-4-7(11)9-3-1-2-6(9)5-10;1-2-3-1;1-3-2;1-2/h5-7,10-11H,2-4H2,1H3,(H2,9,12);5-6H,1-4,8H2;1-3H2;3H2,1-2H3;1-2H3. The molecule has 3 fully saturated rings. The number of carbonyl (C=O) groups is 3. The van der Waals surface area contributed by atoms with Crippen LogP contribution in [-0.4, -0.2) is 66.4 Å². The number of aldehydes is 1. The Hall–Kier alpha value is -1.51. The number of rotatable bonds is 7. The minimum Gasteiger partial charge on any atom is -0.382 e. The first kappa shape index (κ1) is 31.7. The van der Waals surface area contributed by atoms with Gasteiger partial charge in [-0.15, -0.1) is 0 Å². The van der Waals surface area contributed by atoms with Crippen molar-refractivity contribution in [1.29, 1.82) is 0 Å². The zero-order valence-electron chi connectivity index (χ0n) is 20.4. The van der Waals surface area contributed by atoms with E-state index < -0.39 is 12.0 Å². The molecule has 0 spiro atoms. The number of nitrogens with one attached hydrogen (secondary N) is 1. The maximum absolute atomic E-state index is 11.0. The zero-order valence-corrected chi connectivity index (χ0v) is 20.4. The highest BCUT2D eigenvalue weighted by molar-refractivity contribution is 5.81. The lowest BCUT2D eigenvalue weighted by Gasteiger charge is -2.19. The van der Waals surface area contributed by atoms with Crippen LogP contribution in [0.2, 0.25) is 0 Å². The molecule has 184 valence electrons. The number of hydrogen-bond acceptors (Lipinski definition) is 6. The largest absolute Gasteiger partial charge is 0.382 e. The molecule has 3 rings (SSSR count). The summed E-state index contributed by atoms with van der Waals surface area (Å²) in [6.45, 7) is 8.93. The molecule has 0 radical (unpaired) electrons. The minimum atomic E-state index is -1.05. The highest BCUT2D eigenvalue weighted by atomic mass is 16.3. The van der Waals surface area contributed by atoms with Crippen molar-refractivity contribution < 1.29 is 19.5 Å². The van der Waals surface area contributed by atoms with Crippen LogP contribution in [-0.2, 0) is 14.4 Å². The average Bonchev–Trinajstić information content (AvgIpc) is 3.72. The van der Waals surface area contributed by atoms with Crippen molar-refractivity contribution in [2.75, 3.05) is 20.1 Å². The van der Waals surface area contributed by atoms with Crippen LogP contribution in [0.5, 0.6) is 0 Å². The maximum atomic E-state index is 11.0. The summed E-state index contributed by atoms with van der Waals surface area (Å²) in [6.07, 6.45) is 10.5. The van der Waals surface area contributed by atoms with Gasteiger partial charge in [0.25, 0.3) is 0 Å². The average molecular weight is 445 g/mol. The molecule has 1 saturated heterocycles. The second kappa shape index (κ2) is 20.4. The van der Waals surface area contributed by atoms with Gasteiger partial charge in [0.15, 0.2) is 0 Å². The number of aliphatic hydroxyl groups is 1. The smallest absolute Gasteiger partial charge is 0.247 e. The second-order valence-corrected chi connectivity index (χ2v) is 7.83. The molecule has 1 heterocycles. The molecule has 8 nitrogen and oxygen atoms in total. The minimum absolute atomic E-state index is 0.00431. The molecule has 0 bridgehead atoms. The third kappa shape index (κ3) is 16.8. The van der Waals surface area contributed by atoms with Crippen LogP contribution in [0.15, 0.2) is 0 Å². The third-order valence-electron chi connectivity index (χ3n) is 4.63. The summed E-state index contributed by atoms with van der Waals surface area (Å²) in [5, 5.41) is 12.2. The molecule has 6 N–H and O–H groups in total. The molecule has 2 aliphatic carbocycles. The first-order chi connectivity index (χ1) is 14.9. The quantitative estimate of drug-likeness (QED) is 0.443. The van der Waals surface area contributed by atoms with Gasteiger partial charge in [-0.25, -0.2) is 0 Å². The van der Waals surface area contributed by atoms with E-state index in [2.05, 4.69) is 19.2 Å². The van der Waals surface area contributed by atoms with Crippen molar-refractivity contribution in [2.24, 2.45) is 17.4 Å². The van der Waals surface area contributed by atoms with E-state index in [-0.39, 0.29) is 24.5 Å². The summed E-state index contributed by atoms with van der Waals surface area (Å²) in [4.78, 5) is 33.6. The van der Waals surface area contributed by atoms with Crippen LogP contribution < -0.4 is 16.8 Å². The van der Waals surface area contributed by atoms with E-state index in [9.17, 15) is 19.5 Å². The first-order valence-corrected chi connectivity index (χ1v) is 12.0. The van der Waals surface area contributed by atoms with Gasteiger partial charge in [0.1, 0.15) is 12.4 Å². The van der Waals surface area contributed by atoms with E-state index in [4.69, 9.17) is 11.5 Å². The van der Waals surface area contributed by atoms with Gasteiger partial charge in [-0.1, -0.05) is 66.2 Å². The van der Waals surface area contributed by atoms with Crippen LogP contribution in [0.1, 0.15) is 85.5 Å². The van der Waals surface area contributed by atoms with Gasteiger partial charge in [-0.3, -0.25) is 9.59 Å². The molecule has 2 amide bonds. The number of nitrogens with two attached hydrogens (primary N) is 2. The first-order valence-electron chi connectivity index (χ1n) is 12.0. The van der Waals surface area contributed by atoms with Gasteiger partial charge in [-0.05, 0) is 32.2 Å². The number of aliphatic hydroxyl groups excluding tert-OH is 1. The Kier molecular flexibility index (Phi) is 20.8. The molecule has 3 aliphatic rings.